The molecule has 4 aromatic rings. The molecule has 2 heterocycles. The lowest BCUT2D eigenvalue weighted by molar-refractivity contribution is 0.0375. The first-order chi connectivity index (χ1) is 18.2. The van der Waals surface area contributed by atoms with Crippen molar-refractivity contribution >= 4 is 40.3 Å². The minimum atomic E-state index is -0.616. The number of esters is 2. The SMILES string of the molecule is Cc1nc2ccccc2c2c1C(=O)N(c1cccc(C(=O)OCc3ccc(C(=O)OC(C)C)cc3)c1)C2=O. The number of pyridine rings is 1. The maximum atomic E-state index is 13.4. The van der Waals surface area contributed by atoms with E-state index in [1.54, 1.807) is 81.4 Å². The van der Waals surface area contributed by atoms with Crippen LogP contribution in [0, 0.1) is 6.92 Å². The smallest absolute Gasteiger partial charge is 0.338 e. The standard InChI is InChI=1S/C30H24N2O6/c1-17(2)38-30(36)20-13-11-19(12-14-20)16-37-29(35)21-7-6-8-22(15-21)32-27(33)25-18(3)31-24-10-5-4-9-23(24)26(25)28(32)34/h4-15,17H,16H2,1-3H3. The Morgan fingerprint density at radius 3 is 2.29 bits per heavy atom. The lowest BCUT2D eigenvalue weighted by Gasteiger charge is -2.15. The minimum absolute atomic E-state index is 0.0214. The number of imide groups is 1. The molecule has 8 heteroatoms. The van der Waals surface area contributed by atoms with Gasteiger partial charge in [0.1, 0.15) is 6.61 Å². The summed E-state index contributed by atoms with van der Waals surface area (Å²) >= 11 is 0. The van der Waals surface area contributed by atoms with Crippen LogP contribution < -0.4 is 4.90 Å². The Morgan fingerprint density at radius 2 is 1.55 bits per heavy atom. The van der Waals surface area contributed by atoms with Crippen LogP contribution in [0.2, 0.25) is 0 Å². The lowest BCUT2D eigenvalue weighted by Crippen LogP contribution is -2.29. The van der Waals surface area contributed by atoms with E-state index >= 15 is 0 Å². The molecular formula is C30H24N2O6. The van der Waals surface area contributed by atoms with Gasteiger partial charge in [-0.05, 0) is 62.7 Å². The molecule has 1 aliphatic heterocycles. The number of nitrogens with zero attached hydrogens (tertiary/aromatic N) is 2. The summed E-state index contributed by atoms with van der Waals surface area (Å²) in [5, 5.41) is 0.605. The van der Waals surface area contributed by atoms with Crippen molar-refractivity contribution in [3.8, 4) is 0 Å². The number of hydrogen-bond acceptors (Lipinski definition) is 7. The van der Waals surface area contributed by atoms with Crippen molar-refractivity contribution in [3.05, 3.63) is 106 Å². The van der Waals surface area contributed by atoms with Crippen LogP contribution in [0.3, 0.4) is 0 Å². The Kier molecular flexibility index (Phi) is 6.46. The van der Waals surface area contributed by atoms with Gasteiger partial charge in [0.25, 0.3) is 11.8 Å². The molecule has 1 aliphatic rings. The number of para-hydroxylation sites is 1. The van der Waals surface area contributed by atoms with Crippen molar-refractivity contribution in [2.75, 3.05) is 4.90 Å². The third kappa shape index (κ3) is 4.52. The van der Waals surface area contributed by atoms with E-state index in [4.69, 9.17) is 9.47 Å². The van der Waals surface area contributed by atoms with Crippen LogP contribution in [0.5, 0.6) is 0 Å². The van der Waals surface area contributed by atoms with E-state index in [1.807, 2.05) is 6.07 Å². The van der Waals surface area contributed by atoms with E-state index in [0.29, 0.717) is 33.3 Å². The highest BCUT2D eigenvalue weighted by Crippen LogP contribution is 2.34. The van der Waals surface area contributed by atoms with Crippen LogP contribution >= 0.6 is 0 Å². The molecule has 8 nitrogen and oxygen atoms in total. The molecule has 0 radical (unpaired) electrons. The largest absolute Gasteiger partial charge is 0.459 e. The second-order valence-corrected chi connectivity index (χ2v) is 9.19. The Balaban J connectivity index is 1.33. The third-order valence-electron chi connectivity index (χ3n) is 6.15. The van der Waals surface area contributed by atoms with Gasteiger partial charge in [0.15, 0.2) is 0 Å². The summed E-state index contributed by atoms with van der Waals surface area (Å²) in [7, 11) is 0. The molecule has 1 aromatic heterocycles. The molecule has 0 aliphatic carbocycles. The lowest BCUT2D eigenvalue weighted by atomic mass is 10.0. The normalized spacial score (nSPS) is 12.7. The van der Waals surface area contributed by atoms with Gasteiger partial charge in [-0.15, -0.1) is 0 Å². The molecule has 0 saturated carbocycles. The number of rotatable bonds is 6. The van der Waals surface area contributed by atoms with Gasteiger partial charge in [0.2, 0.25) is 0 Å². The van der Waals surface area contributed by atoms with E-state index in [1.165, 1.54) is 6.07 Å². The molecule has 0 fully saturated rings. The van der Waals surface area contributed by atoms with Crippen molar-refractivity contribution in [1.29, 1.82) is 0 Å². The van der Waals surface area contributed by atoms with E-state index < -0.39 is 23.8 Å². The molecule has 0 spiro atoms. The van der Waals surface area contributed by atoms with Gasteiger partial charge in [0.05, 0.1) is 45.3 Å². The van der Waals surface area contributed by atoms with Gasteiger partial charge >= 0.3 is 11.9 Å². The molecule has 3 aromatic carbocycles. The average molecular weight is 509 g/mol. The first kappa shape index (κ1) is 24.8. The van der Waals surface area contributed by atoms with Crippen LogP contribution in [-0.4, -0.2) is 34.8 Å². The Hall–Kier alpha value is -4.85. The number of carbonyl (C=O) groups is 4. The second kappa shape index (κ2) is 9.89. The van der Waals surface area contributed by atoms with Crippen molar-refractivity contribution < 1.29 is 28.7 Å². The van der Waals surface area contributed by atoms with E-state index in [-0.39, 0.29) is 29.5 Å². The van der Waals surface area contributed by atoms with E-state index in [2.05, 4.69) is 4.98 Å². The predicted octanol–water partition coefficient (Wildman–Crippen LogP) is 5.27. The zero-order valence-electron chi connectivity index (χ0n) is 21.1. The van der Waals surface area contributed by atoms with Crippen LogP contribution in [0.25, 0.3) is 10.9 Å². The molecule has 2 amide bonds. The molecular weight excluding hydrogens is 484 g/mol. The molecule has 0 unspecified atom stereocenters. The number of ether oxygens (including phenoxy) is 2. The fourth-order valence-electron chi connectivity index (χ4n) is 4.39. The number of fused-ring (bicyclic) bond motifs is 3. The maximum Gasteiger partial charge on any atom is 0.338 e. The number of amides is 2. The highest BCUT2D eigenvalue weighted by Gasteiger charge is 2.40. The average Bonchev–Trinajstić information content (AvgIpc) is 3.18. The highest BCUT2D eigenvalue weighted by molar-refractivity contribution is 6.37. The summed E-state index contributed by atoms with van der Waals surface area (Å²) in [6.07, 6.45) is -0.223. The molecule has 5 rings (SSSR count). The maximum absolute atomic E-state index is 13.4. The topological polar surface area (TPSA) is 103 Å². The summed E-state index contributed by atoms with van der Waals surface area (Å²) in [6, 6.07) is 20.0. The quantitative estimate of drug-likeness (QED) is 0.258. The fraction of sp³-hybridized carbons (Fsp3) is 0.167. The monoisotopic (exact) mass is 508 g/mol. The van der Waals surface area contributed by atoms with Gasteiger partial charge in [-0.2, -0.15) is 0 Å². The number of benzene rings is 3. The van der Waals surface area contributed by atoms with Gasteiger partial charge in [-0.3, -0.25) is 14.6 Å². The highest BCUT2D eigenvalue weighted by atomic mass is 16.5. The number of aromatic nitrogens is 1. The van der Waals surface area contributed by atoms with Crippen LogP contribution in [0.15, 0.2) is 72.8 Å². The van der Waals surface area contributed by atoms with Crippen LogP contribution in [0.1, 0.15) is 66.5 Å². The van der Waals surface area contributed by atoms with E-state index in [0.717, 1.165) is 4.90 Å². The van der Waals surface area contributed by atoms with E-state index in [9.17, 15) is 19.2 Å². The molecule has 0 N–H and O–H groups in total. The summed E-state index contributed by atoms with van der Waals surface area (Å²) < 4.78 is 10.6. The van der Waals surface area contributed by atoms with Crippen LogP contribution in [0.4, 0.5) is 5.69 Å². The Labute approximate surface area is 218 Å². The molecule has 0 atom stereocenters. The third-order valence-corrected chi connectivity index (χ3v) is 6.15. The van der Waals surface area contributed by atoms with Crippen molar-refractivity contribution in [2.24, 2.45) is 0 Å². The number of anilines is 1. The molecule has 0 bridgehead atoms. The minimum Gasteiger partial charge on any atom is -0.459 e. The van der Waals surface area contributed by atoms with Crippen molar-refractivity contribution in [1.82, 2.24) is 4.98 Å². The summed E-state index contributed by atoms with van der Waals surface area (Å²) in [5.74, 6) is -1.99. The van der Waals surface area contributed by atoms with Crippen LogP contribution in [-0.2, 0) is 16.1 Å². The molecule has 190 valence electrons. The first-order valence-electron chi connectivity index (χ1n) is 12.1. The second-order valence-electron chi connectivity index (χ2n) is 9.19. The Bertz CT molecular complexity index is 1610. The summed E-state index contributed by atoms with van der Waals surface area (Å²) in [5.41, 5.74) is 3.23. The predicted molar refractivity (Wildman–Crippen MR) is 140 cm³/mol. The van der Waals surface area contributed by atoms with Crippen molar-refractivity contribution in [3.63, 3.8) is 0 Å². The van der Waals surface area contributed by atoms with Gasteiger partial charge in [0, 0.05) is 5.39 Å². The van der Waals surface area contributed by atoms with Gasteiger partial charge in [-0.1, -0.05) is 36.4 Å². The summed E-state index contributed by atoms with van der Waals surface area (Å²) in [6.45, 7) is 5.23. The summed E-state index contributed by atoms with van der Waals surface area (Å²) in [4.78, 5) is 57.1. The molecule has 0 saturated heterocycles. The first-order valence-corrected chi connectivity index (χ1v) is 12.1. The fourth-order valence-corrected chi connectivity index (χ4v) is 4.39. The van der Waals surface area contributed by atoms with Crippen molar-refractivity contribution in [2.45, 2.75) is 33.5 Å². The number of aryl methyl sites for hydroxylation is 1. The molecule has 38 heavy (non-hydrogen) atoms. The van der Waals surface area contributed by atoms with Gasteiger partial charge in [-0.25, -0.2) is 14.5 Å². The van der Waals surface area contributed by atoms with Gasteiger partial charge < -0.3 is 9.47 Å². The Morgan fingerprint density at radius 1 is 0.842 bits per heavy atom. The number of carbonyl (C=O) groups excluding carboxylic acids is 4. The zero-order valence-corrected chi connectivity index (χ0v) is 21.1. The number of hydrogen-bond donors (Lipinski definition) is 0. The zero-order chi connectivity index (χ0) is 27.0.